The van der Waals surface area contributed by atoms with Gasteiger partial charge in [-0.2, -0.15) is 4.31 Å². The van der Waals surface area contributed by atoms with Crippen molar-refractivity contribution in [2.75, 3.05) is 20.4 Å². The Hall–Kier alpha value is -1.28. The molecule has 130 valence electrons. The fourth-order valence-corrected chi connectivity index (χ4v) is 4.12. The van der Waals surface area contributed by atoms with Gasteiger partial charge in [-0.15, -0.1) is 11.8 Å². The van der Waals surface area contributed by atoms with Crippen molar-refractivity contribution >= 4 is 33.4 Å². The average Bonchev–Trinajstić information content (AvgIpc) is 2.56. The smallest absolute Gasteiger partial charge is 0.243 e. The monoisotopic (exact) mass is 389 g/mol. The summed E-state index contributed by atoms with van der Waals surface area (Å²) in [6, 6.07) is 8.88. The van der Waals surface area contributed by atoms with Gasteiger partial charge in [0.1, 0.15) is 11.6 Å². The molecule has 0 spiro atoms. The molecule has 2 rings (SSSR count). The molecule has 0 aliphatic carbocycles. The molecule has 0 radical (unpaired) electrons. The molecule has 0 amide bonds. The van der Waals surface area contributed by atoms with E-state index in [9.17, 15) is 12.8 Å². The standard InChI is InChI=1S/C16H17ClFNO3S2/c1-19(10-11-4-7-16(23-3)15(8-11)22-2)24(20,21)12-5-6-14(18)13(17)9-12/h4-9H,10H2,1-3H3. The van der Waals surface area contributed by atoms with E-state index in [0.29, 0.717) is 5.75 Å². The minimum absolute atomic E-state index is 0.0518. The number of thioether (sulfide) groups is 1. The van der Waals surface area contributed by atoms with E-state index in [1.807, 2.05) is 18.4 Å². The van der Waals surface area contributed by atoms with E-state index in [2.05, 4.69) is 0 Å². The van der Waals surface area contributed by atoms with Crippen LogP contribution in [0.25, 0.3) is 0 Å². The van der Waals surface area contributed by atoms with Gasteiger partial charge in [-0.25, -0.2) is 12.8 Å². The molecule has 8 heteroatoms. The van der Waals surface area contributed by atoms with Gasteiger partial charge in [-0.1, -0.05) is 17.7 Å². The molecular formula is C16H17ClFNO3S2. The summed E-state index contributed by atoms with van der Waals surface area (Å²) < 4.78 is 44.9. The van der Waals surface area contributed by atoms with Crippen molar-refractivity contribution in [3.63, 3.8) is 0 Å². The van der Waals surface area contributed by atoms with Gasteiger partial charge in [0.15, 0.2) is 0 Å². The highest BCUT2D eigenvalue weighted by Crippen LogP contribution is 2.29. The second kappa shape index (κ2) is 7.74. The fourth-order valence-electron chi connectivity index (χ4n) is 2.14. The molecule has 0 N–H and O–H groups in total. The first-order valence-corrected chi connectivity index (χ1v) is 9.96. The molecule has 2 aromatic carbocycles. The highest BCUT2D eigenvalue weighted by atomic mass is 35.5. The first kappa shape index (κ1) is 19.1. The summed E-state index contributed by atoms with van der Waals surface area (Å²) in [5.41, 5.74) is 0.781. The zero-order chi connectivity index (χ0) is 17.9. The molecule has 0 heterocycles. The number of halogens is 2. The summed E-state index contributed by atoms with van der Waals surface area (Å²) in [5.74, 6) is 0.0336. The van der Waals surface area contributed by atoms with Crippen molar-refractivity contribution in [2.45, 2.75) is 16.3 Å². The van der Waals surface area contributed by atoms with Crippen LogP contribution >= 0.6 is 23.4 Å². The third kappa shape index (κ3) is 4.03. The second-order valence-corrected chi connectivity index (χ2v) is 8.33. The Balaban J connectivity index is 2.27. The molecule has 0 unspecified atom stereocenters. The molecule has 24 heavy (non-hydrogen) atoms. The third-order valence-corrected chi connectivity index (χ3v) is 6.32. The van der Waals surface area contributed by atoms with Gasteiger partial charge in [0.2, 0.25) is 10.0 Å². The van der Waals surface area contributed by atoms with Crippen molar-refractivity contribution in [3.05, 3.63) is 52.8 Å². The topological polar surface area (TPSA) is 46.6 Å². The lowest BCUT2D eigenvalue weighted by Gasteiger charge is -2.18. The molecular weight excluding hydrogens is 373 g/mol. The van der Waals surface area contributed by atoms with Crippen molar-refractivity contribution in [1.29, 1.82) is 0 Å². The average molecular weight is 390 g/mol. The van der Waals surface area contributed by atoms with Crippen molar-refractivity contribution < 1.29 is 17.5 Å². The van der Waals surface area contributed by atoms with Gasteiger partial charge in [0, 0.05) is 18.5 Å². The largest absolute Gasteiger partial charge is 0.496 e. The summed E-state index contributed by atoms with van der Waals surface area (Å²) in [5, 5.41) is -0.226. The van der Waals surface area contributed by atoms with Crippen LogP contribution in [0.15, 0.2) is 46.2 Å². The van der Waals surface area contributed by atoms with Gasteiger partial charge < -0.3 is 4.74 Å². The van der Waals surface area contributed by atoms with E-state index in [1.165, 1.54) is 17.4 Å². The zero-order valence-electron chi connectivity index (χ0n) is 13.4. The summed E-state index contributed by atoms with van der Waals surface area (Å²) in [7, 11) is -0.746. The lowest BCUT2D eigenvalue weighted by atomic mass is 10.2. The zero-order valence-corrected chi connectivity index (χ0v) is 15.8. The van der Waals surface area contributed by atoms with Crippen molar-refractivity contribution in [2.24, 2.45) is 0 Å². The maximum absolute atomic E-state index is 13.2. The van der Waals surface area contributed by atoms with Gasteiger partial charge in [-0.05, 0) is 42.2 Å². The lowest BCUT2D eigenvalue weighted by molar-refractivity contribution is 0.402. The highest BCUT2D eigenvalue weighted by Gasteiger charge is 2.22. The molecule has 0 aliphatic heterocycles. The Kier molecular flexibility index (Phi) is 6.14. The Morgan fingerprint density at radius 1 is 1.25 bits per heavy atom. The number of hydrogen-bond donors (Lipinski definition) is 0. The normalized spacial score (nSPS) is 11.8. The number of ether oxygens (including phenoxy) is 1. The van der Waals surface area contributed by atoms with E-state index in [1.54, 1.807) is 24.9 Å². The predicted octanol–water partition coefficient (Wildman–Crippen LogP) is 4.03. The predicted molar refractivity (Wildman–Crippen MR) is 94.8 cm³/mol. The van der Waals surface area contributed by atoms with Gasteiger partial charge >= 0.3 is 0 Å². The van der Waals surface area contributed by atoms with Crippen LogP contribution in [0.1, 0.15) is 5.56 Å². The highest BCUT2D eigenvalue weighted by molar-refractivity contribution is 7.98. The molecule has 0 bridgehead atoms. The van der Waals surface area contributed by atoms with Gasteiger partial charge in [0.25, 0.3) is 0 Å². The quantitative estimate of drug-likeness (QED) is 0.700. The fraction of sp³-hybridized carbons (Fsp3) is 0.250. The van der Waals surface area contributed by atoms with Crippen LogP contribution in [0.4, 0.5) is 4.39 Å². The molecule has 0 fully saturated rings. The minimum atomic E-state index is -3.78. The molecule has 0 aliphatic rings. The number of rotatable bonds is 6. The maximum Gasteiger partial charge on any atom is 0.243 e. The molecule has 0 atom stereocenters. The summed E-state index contributed by atoms with van der Waals surface area (Å²) in [6.07, 6.45) is 1.94. The molecule has 2 aromatic rings. The Morgan fingerprint density at radius 2 is 1.96 bits per heavy atom. The van der Waals surface area contributed by atoms with Crippen LogP contribution in [0.2, 0.25) is 5.02 Å². The van der Waals surface area contributed by atoms with E-state index >= 15 is 0 Å². The van der Waals surface area contributed by atoms with E-state index in [-0.39, 0.29) is 16.5 Å². The number of hydrogen-bond acceptors (Lipinski definition) is 4. The van der Waals surface area contributed by atoms with Gasteiger partial charge in [0.05, 0.1) is 17.0 Å². The van der Waals surface area contributed by atoms with Crippen LogP contribution in [0.3, 0.4) is 0 Å². The number of benzene rings is 2. The minimum Gasteiger partial charge on any atom is -0.496 e. The van der Waals surface area contributed by atoms with Crippen LogP contribution in [-0.4, -0.2) is 33.1 Å². The van der Waals surface area contributed by atoms with Crippen molar-refractivity contribution in [1.82, 2.24) is 4.31 Å². The molecule has 0 saturated heterocycles. The Morgan fingerprint density at radius 3 is 2.54 bits per heavy atom. The summed E-state index contributed by atoms with van der Waals surface area (Å²) in [6.45, 7) is 0.155. The number of nitrogens with zero attached hydrogens (tertiary/aromatic N) is 1. The molecule has 0 aromatic heterocycles. The first-order valence-electron chi connectivity index (χ1n) is 6.92. The second-order valence-electron chi connectivity index (χ2n) is 5.03. The lowest BCUT2D eigenvalue weighted by Crippen LogP contribution is -2.26. The van der Waals surface area contributed by atoms with E-state index in [4.69, 9.17) is 16.3 Å². The molecule has 4 nitrogen and oxygen atoms in total. The van der Waals surface area contributed by atoms with Gasteiger partial charge in [-0.3, -0.25) is 0 Å². The number of methoxy groups -OCH3 is 1. The SMILES string of the molecule is COc1cc(CN(C)S(=O)(=O)c2ccc(F)c(Cl)c2)ccc1SC. The van der Waals surface area contributed by atoms with Crippen LogP contribution in [0.5, 0.6) is 5.75 Å². The maximum atomic E-state index is 13.2. The van der Waals surface area contributed by atoms with Crippen LogP contribution in [-0.2, 0) is 16.6 Å². The Labute approximate surface area is 150 Å². The summed E-state index contributed by atoms with van der Waals surface area (Å²) >= 11 is 7.23. The van der Waals surface area contributed by atoms with Crippen LogP contribution in [0, 0.1) is 5.82 Å². The summed E-state index contributed by atoms with van der Waals surface area (Å²) in [4.78, 5) is 0.918. The number of sulfonamides is 1. The van der Waals surface area contributed by atoms with Crippen LogP contribution < -0.4 is 4.74 Å². The van der Waals surface area contributed by atoms with E-state index in [0.717, 1.165) is 22.6 Å². The Bertz CT molecular complexity index is 843. The molecule has 0 saturated carbocycles. The van der Waals surface area contributed by atoms with Crippen molar-refractivity contribution in [3.8, 4) is 5.75 Å². The van der Waals surface area contributed by atoms with E-state index < -0.39 is 15.8 Å². The third-order valence-electron chi connectivity index (χ3n) is 3.45. The first-order chi connectivity index (χ1) is 11.3.